The number of hydrogen-bond donors (Lipinski definition) is 0. The summed E-state index contributed by atoms with van der Waals surface area (Å²) >= 11 is 3.59. The van der Waals surface area contributed by atoms with E-state index in [1.165, 1.54) is 0 Å². The molecular weight excluding hydrogens is 322 g/mol. The van der Waals surface area contributed by atoms with Gasteiger partial charge in [0.2, 0.25) is 0 Å². The van der Waals surface area contributed by atoms with Gasteiger partial charge >= 0.3 is 5.97 Å². The molecule has 0 spiro atoms. The van der Waals surface area contributed by atoms with E-state index in [0.717, 1.165) is 22.3 Å². The molecule has 0 atom stereocenters. The summed E-state index contributed by atoms with van der Waals surface area (Å²) < 4.78 is 7.86. The van der Waals surface area contributed by atoms with Crippen LogP contribution in [-0.2, 0) is 29.5 Å². The van der Waals surface area contributed by atoms with E-state index in [1.807, 2.05) is 16.6 Å². The molecule has 0 saturated heterocycles. The van der Waals surface area contributed by atoms with Crippen LogP contribution in [0.5, 0.6) is 0 Å². The molecule has 0 radical (unpaired) electrons. The zero-order valence-electron chi connectivity index (χ0n) is 12.4. The van der Waals surface area contributed by atoms with Crippen LogP contribution < -0.4 is 0 Å². The van der Waals surface area contributed by atoms with Crippen molar-refractivity contribution in [1.29, 1.82) is 0 Å². The van der Waals surface area contributed by atoms with Gasteiger partial charge in [0.25, 0.3) is 0 Å². The smallest absolute Gasteiger partial charge is 0.320 e. The number of aryl methyl sites for hydroxylation is 2. The highest BCUT2D eigenvalue weighted by atomic mass is 79.9. The van der Waals surface area contributed by atoms with Crippen molar-refractivity contribution < 1.29 is 9.53 Å². The molecule has 0 unspecified atom stereocenters. The number of carbonyl (C=O) groups excluding carboxylic acids is 1. The van der Waals surface area contributed by atoms with Gasteiger partial charge in [0.1, 0.15) is 0 Å². The zero-order chi connectivity index (χ0) is 15.1. The van der Waals surface area contributed by atoms with Crippen LogP contribution >= 0.6 is 15.9 Å². The van der Waals surface area contributed by atoms with Crippen molar-refractivity contribution in [2.24, 2.45) is 7.05 Å². The van der Waals surface area contributed by atoms with Crippen molar-refractivity contribution in [1.82, 2.24) is 14.7 Å². The summed E-state index contributed by atoms with van der Waals surface area (Å²) in [6.45, 7) is 9.50. The molecule has 0 aliphatic heterocycles. The Kier molecular flexibility index (Phi) is 6.95. The molecule has 0 aliphatic rings. The SMILES string of the molecule is C=CCN(CC(=O)OCC)Cc1c(Br)c(CC)nn1C. The molecule has 0 amide bonds. The maximum Gasteiger partial charge on any atom is 0.320 e. The minimum Gasteiger partial charge on any atom is -0.465 e. The van der Waals surface area contributed by atoms with Crippen molar-refractivity contribution >= 4 is 21.9 Å². The molecule has 0 fully saturated rings. The van der Waals surface area contributed by atoms with Gasteiger partial charge in [-0.05, 0) is 29.3 Å². The Bertz CT molecular complexity index is 471. The van der Waals surface area contributed by atoms with Gasteiger partial charge in [0.15, 0.2) is 0 Å². The average molecular weight is 344 g/mol. The van der Waals surface area contributed by atoms with Gasteiger partial charge in [-0.2, -0.15) is 5.10 Å². The first-order chi connectivity index (χ1) is 9.53. The van der Waals surface area contributed by atoms with Crippen molar-refractivity contribution in [2.75, 3.05) is 19.7 Å². The minimum atomic E-state index is -0.219. The Hall–Kier alpha value is -1.14. The largest absolute Gasteiger partial charge is 0.465 e. The van der Waals surface area contributed by atoms with Crippen LogP contribution in [0.2, 0.25) is 0 Å². The molecule has 0 aliphatic carbocycles. The molecule has 0 saturated carbocycles. The number of rotatable bonds is 8. The molecule has 0 bridgehead atoms. The Morgan fingerprint density at radius 3 is 2.75 bits per heavy atom. The van der Waals surface area contributed by atoms with Gasteiger partial charge in [0, 0.05) is 20.1 Å². The molecule has 6 heteroatoms. The van der Waals surface area contributed by atoms with E-state index in [9.17, 15) is 4.79 Å². The molecule has 0 N–H and O–H groups in total. The fourth-order valence-electron chi connectivity index (χ4n) is 1.96. The molecule has 1 rings (SSSR count). The van der Waals surface area contributed by atoms with Crippen LogP contribution in [0.4, 0.5) is 0 Å². The fourth-order valence-corrected chi connectivity index (χ4v) is 2.70. The van der Waals surface area contributed by atoms with Gasteiger partial charge in [0.05, 0.1) is 29.0 Å². The second-order valence-corrected chi connectivity index (χ2v) is 5.24. The Balaban J connectivity index is 2.82. The lowest BCUT2D eigenvalue weighted by Crippen LogP contribution is -2.31. The predicted molar refractivity (Wildman–Crippen MR) is 82.4 cm³/mol. The van der Waals surface area contributed by atoms with Gasteiger partial charge in [-0.15, -0.1) is 6.58 Å². The third kappa shape index (κ3) is 4.45. The molecular formula is C14H22BrN3O2. The maximum atomic E-state index is 11.6. The lowest BCUT2D eigenvalue weighted by Gasteiger charge is -2.19. The Morgan fingerprint density at radius 2 is 2.25 bits per heavy atom. The number of nitrogens with zero attached hydrogens (tertiary/aromatic N) is 3. The van der Waals surface area contributed by atoms with E-state index in [2.05, 4.69) is 34.5 Å². The topological polar surface area (TPSA) is 47.4 Å². The maximum absolute atomic E-state index is 11.6. The summed E-state index contributed by atoms with van der Waals surface area (Å²) in [7, 11) is 1.91. The van der Waals surface area contributed by atoms with Gasteiger partial charge in [-0.1, -0.05) is 13.0 Å². The van der Waals surface area contributed by atoms with Crippen molar-refractivity contribution in [3.63, 3.8) is 0 Å². The van der Waals surface area contributed by atoms with Crippen LogP contribution in [-0.4, -0.2) is 40.3 Å². The first kappa shape index (κ1) is 16.9. The summed E-state index contributed by atoms with van der Waals surface area (Å²) in [5, 5.41) is 4.46. The third-order valence-corrected chi connectivity index (χ3v) is 3.84. The number of hydrogen-bond acceptors (Lipinski definition) is 4. The van der Waals surface area contributed by atoms with Gasteiger partial charge in [-0.25, -0.2) is 0 Å². The van der Waals surface area contributed by atoms with Crippen LogP contribution in [0.15, 0.2) is 17.1 Å². The number of aromatic nitrogens is 2. The zero-order valence-corrected chi connectivity index (χ0v) is 13.9. The van der Waals surface area contributed by atoms with E-state index < -0.39 is 0 Å². The van der Waals surface area contributed by atoms with E-state index in [0.29, 0.717) is 19.7 Å². The van der Waals surface area contributed by atoms with Crippen LogP contribution in [0.1, 0.15) is 25.2 Å². The fraction of sp³-hybridized carbons (Fsp3) is 0.571. The van der Waals surface area contributed by atoms with Crippen LogP contribution in [0, 0.1) is 0 Å². The quantitative estimate of drug-likeness (QED) is 0.536. The lowest BCUT2D eigenvalue weighted by molar-refractivity contribution is -0.144. The lowest BCUT2D eigenvalue weighted by atomic mass is 10.3. The average Bonchev–Trinajstić information content (AvgIpc) is 2.66. The normalized spacial score (nSPS) is 10.8. The minimum absolute atomic E-state index is 0.219. The number of carbonyl (C=O) groups is 1. The first-order valence-corrected chi connectivity index (χ1v) is 7.51. The first-order valence-electron chi connectivity index (χ1n) is 6.72. The van der Waals surface area contributed by atoms with Crippen molar-refractivity contribution in [3.8, 4) is 0 Å². The molecule has 20 heavy (non-hydrogen) atoms. The summed E-state index contributed by atoms with van der Waals surface area (Å²) in [6, 6.07) is 0. The molecule has 1 aromatic heterocycles. The number of halogens is 1. The van der Waals surface area contributed by atoms with Gasteiger partial charge < -0.3 is 4.74 Å². The highest BCUT2D eigenvalue weighted by molar-refractivity contribution is 9.10. The standard InChI is InChI=1S/C14H22BrN3O2/c1-5-8-18(10-13(19)20-7-3)9-12-14(15)11(6-2)16-17(12)4/h5H,1,6-10H2,2-4H3. The second kappa shape index (κ2) is 8.21. The van der Waals surface area contributed by atoms with E-state index in [4.69, 9.17) is 4.74 Å². The second-order valence-electron chi connectivity index (χ2n) is 4.45. The predicted octanol–water partition coefficient (Wildman–Crippen LogP) is 2.30. The van der Waals surface area contributed by atoms with Crippen LogP contribution in [0.25, 0.3) is 0 Å². The van der Waals surface area contributed by atoms with E-state index in [-0.39, 0.29) is 12.5 Å². The van der Waals surface area contributed by atoms with Crippen molar-refractivity contribution in [2.45, 2.75) is 26.8 Å². The molecule has 0 aromatic carbocycles. The van der Waals surface area contributed by atoms with E-state index in [1.54, 1.807) is 13.0 Å². The summed E-state index contributed by atoms with van der Waals surface area (Å²) in [6.07, 6.45) is 2.65. The monoisotopic (exact) mass is 343 g/mol. The molecule has 1 heterocycles. The summed E-state index contributed by atoms with van der Waals surface area (Å²) in [5.41, 5.74) is 2.07. The Labute approximate surface area is 128 Å². The molecule has 1 aromatic rings. The summed E-state index contributed by atoms with van der Waals surface area (Å²) in [5.74, 6) is -0.219. The summed E-state index contributed by atoms with van der Waals surface area (Å²) in [4.78, 5) is 13.6. The highest BCUT2D eigenvalue weighted by Gasteiger charge is 2.17. The molecule has 112 valence electrons. The van der Waals surface area contributed by atoms with Crippen LogP contribution in [0.3, 0.4) is 0 Å². The number of ether oxygens (including phenoxy) is 1. The number of esters is 1. The van der Waals surface area contributed by atoms with Gasteiger partial charge in [-0.3, -0.25) is 14.4 Å². The Morgan fingerprint density at radius 1 is 1.55 bits per heavy atom. The van der Waals surface area contributed by atoms with Crippen molar-refractivity contribution in [3.05, 3.63) is 28.5 Å². The molecule has 5 nitrogen and oxygen atoms in total. The highest BCUT2D eigenvalue weighted by Crippen LogP contribution is 2.22. The van der Waals surface area contributed by atoms with E-state index >= 15 is 0 Å². The third-order valence-electron chi connectivity index (χ3n) is 2.92.